The third kappa shape index (κ3) is 25.1. The molecule has 0 saturated carbocycles. The van der Waals surface area contributed by atoms with Crippen LogP contribution in [0.3, 0.4) is 0 Å². The smallest absolute Gasteiger partial charge is 0.142 e. The van der Waals surface area contributed by atoms with Gasteiger partial charge in [-0.2, -0.15) is 11.8 Å². The molecule has 0 unspecified atom stereocenters. The molecule has 60 valence electrons. The van der Waals surface area contributed by atoms with Gasteiger partial charge in [-0.25, -0.2) is 0 Å². The maximum atomic E-state index is 9.59. The molecule has 10 heavy (non-hydrogen) atoms. The van der Waals surface area contributed by atoms with Gasteiger partial charge < -0.3 is 0 Å². The fourth-order valence-corrected chi connectivity index (χ4v) is 0.318. The molecule has 0 aliphatic carbocycles. The molecule has 1 nitrogen and oxygen atoms in total. The molecule has 0 heterocycles. The minimum absolute atomic E-state index is 0.801. The summed E-state index contributed by atoms with van der Waals surface area (Å²) >= 11 is 1.75. The third-order valence-electron chi connectivity index (χ3n) is 0.670. The summed E-state index contributed by atoms with van der Waals surface area (Å²) in [4.78, 5) is 9.59. The summed E-state index contributed by atoms with van der Waals surface area (Å²) in [5.41, 5.74) is 0. The van der Waals surface area contributed by atoms with Gasteiger partial charge in [0.1, 0.15) is 6.29 Å². The number of thioether (sulfide) groups is 1. The minimum Gasteiger partial charge on any atom is -0.299 e. The number of carbonyl (C=O) groups excluding carboxylic acids is 1. The quantitative estimate of drug-likeness (QED) is 0.466. The molecule has 0 aromatic rings. The first-order valence-corrected chi connectivity index (χ1v) is 4.97. The average Bonchev–Trinajstić information content (AvgIpc) is 1.91. The number of aldehydes is 1. The molecule has 0 spiro atoms. The lowest BCUT2D eigenvalue weighted by molar-refractivity contribution is -0.104. The van der Waals surface area contributed by atoms with E-state index in [1.165, 1.54) is 6.08 Å². The van der Waals surface area contributed by atoms with E-state index in [4.69, 9.17) is 0 Å². The van der Waals surface area contributed by atoms with Gasteiger partial charge in [0.25, 0.3) is 0 Å². The van der Waals surface area contributed by atoms with E-state index >= 15 is 0 Å². The number of hydrogen-bond acceptors (Lipinski definition) is 2. The first-order chi connectivity index (χ1) is 4.83. The van der Waals surface area contributed by atoms with Crippen molar-refractivity contribution in [3.63, 3.8) is 0 Å². The zero-order valence-corrected chi connectivity index (χ0v) is 7.78. The Bertz CT molecular complexity index is 79.3. The summed E-state index contributed by atoms with van der Waals surface area (Å²) in [6.07, 6.45) is 10.4. The molecule has 0 radical (unpaired) electrons. The van der Waals surface area contributed by atoms with E-state index in [0.717, 1.165) is 19.1 Å². The van der Waals surface area contributed by atoms with Crippen LogP contribution in [0.5, 0.6) is 0 Å². The van der Waals surface area contributed by atoms with Crippen molar-refractivity contribution in [1.29, 1.82) is 0 Å². The van der Waals surface area contributed by atoms with E-state index in [-0.39, 0.29) is 0 Å². The second-order valence-corrected chi connectivity index (χ2v) is 2.58. The zero-order valence-electron chi connectivity index (χ0n) is 6.96. The van der Waals surface area contributed by atoms with Crippen molar-refractivity contribution in [2.24, 2.45) is 0 Å². The third-order valence-corrected chi connectivity index (χ3v) is 0.670. The van der Waals surface area contributed by atoms with Gasteiger partial charge in [-0.05, 0) is 25.0 Å². The van der Waals surface area contributed by atoms with Crippen LogP contribution in [0.15, 0.2) is 12.2 Å². The van der Waals surface area contributed by atoms with Crippen LogP contribution in [0.4, 0.5) is 0 Å². The Balaban J connectivity index is 0. The van der Waals surface area contributed by atoms with E-state index < -0.39 is 0 Å². The Morgan fingerprint density at radius 2 is 1.90 bits per heavy atom. The molecule has 0 rings (SSSR count). The van der Waals surface area contributed by atoms with Crippen LogP contribution in [0.2, 0.25) is 0 Å². The Morgan fingerprint density at radius 3 is 2.20 bits per heavy atom. The first-order valence-electron chi connectivity index (χ1n) is 3.33. The largest absolute Gasteiger partial charge is 0.299 e. The van der Waals surface area contributed by atoms with Gasteiger partial charge >= 0.3 is 0 Å². The minimum atomic E-state index is 0.801. The molecular formula is C8H16OS. The van der Waals surface area contributed by atoms with Gasteiger partial charge in [-0.1, -0.05) is 19.4 Å². The van der Waals surface area contributed by atoms with Crippen LogP contribution in [0, 0.1) is 0 Å². The van der Waals surface area contributed by atoms with Crippen molar-refractivity contribution in [2.75, 3.05) is 12.5 Å². The van der Waals surface area contributed by atoms with Crippen LogP contribution in [0.1, 0.15) is 19.8 Å². The standard InChI is InChI=1S/C6H10O.C2H6S/c1-2-3-4-5-6-7;1-3-2/h4-6H,2-3H2,1H3;1-2H3. The fourth-order valence-electron chi connectivity index (χ4n) is 0.318. The number of allylic oxidation sites excluding steroid dienone is 2. The average molecular weight is 160 g/mol. The molecule has 0 fully saturated rings. The topological polar surface area (TPSA) is 17.1 Å². The van der Waals surface area contributed by atoms with Gasteiger partial charge in [0, 0.05) is 0 Å². The zero-order chi connectivity index (χ0) is 8.24. The highest BCUT2D eigenvalue weighted by Crippen LogP contribution is 1.85. The van der Waals surface area contributed by atoms with Crippen LogP contribution < -0.4 is 0 Å². The van der Waals surface area contributed by atoms with E-state index in [0.29, 0.717) is 0 Å². The highest BCUT2D eigenvalue weighted by molar-refractivity contribution is 7.97. The molecule has 0 saturated heterocycles. The van der Waals surface area contributed by atoms with E-state index in [1.807, 2.05) is 18.6 Å². The Kier molecular flexibility index (Phi) is 19.8. The predicted molar refractivity (Wildman–Crippen MR) is 49.6 cm³/mol. The SMILES string of the molecule is CCCC=CC=O.CSC. The van der Waals surface area contributed by atoms with Gasteiger partial charge in [0.15, 0.2) is 0 Å². The number of rotatable bonds is 3. The van der Waals surface area contributed by atoms with Gasteiger partial charge in [0.2, 0.25) is 0 Å². The Hall–Kier alpha value is -0.240. The second kappa shape index (κ2) is 15.9. The Labute approximate surface area is 67.9 Å². The summed E-state index contributed by atoms with van der Waals surface area (Å²) in [6.45, 7) is 2.08. The van der Waals surface area contributed by atoms with Gasteiger partial charge in [-0.3, -0.25) is 4.79 Å². The lowest BCUT2D eigenvalue weighted by Crippen LogP contribution is -1.61. The number of hydrogen-bond donors (Lipinski definition) is 0. The lowest BCUT2D eigenvalue weighted by atomic mass is 10.3. The van der Waals surface area contributed by atoms with Crippen molar-refractivity contribution in [3.05, 3.63) is 12.2 Å². The molecule has 2 heteroatoms. The highest BCUT2D eigenvalue weighted by atomic mass is 32.2. The first kappa shape index (κ1) is 12.4. The lowest BCUT2D eigenvalue weighted by Gasteiger charge is -1.76. The molecule has 0 bridgehead atoms. The maximum absolute atomic E-state index is 9.59. The molecule has 0 aromatic carbocycles. The van der Waals surface area contributed by atoms with Crippen molar-refractivity contribution < 1.29 is 4.79 Å². The molecular weight excluding hydrogens is 144 g/mol. The van der Waals surface area contributed by atoms with Gasteiger partial charge in [0.05, 0.1) is 0 Å². The fraction of sp³-hybridized carbons (Fsp3) is 0.625. The molecule has 0 amide bonds. The van der Waals surface area contributed by atoms with Crippen molar-refractivity contribution in [2.45, 2.75) is 19.8 Å². The van der Waals surface area contributed by atoms with Crippen LogP contribution in [-0.2, 0) is 4.79 Å². The van der Waals surface area contributed by atoms with Crippen molar-refractivity contribution in [3.8, 4) is 0 Å². The second-order valence-electron chi connectivity index (χ2n) is 1.76. The Morgan fingerprint density at radius 1 is 1.40 bits per heavy atom. The highest BCUT2D eigenvalue weighted by Gasteiger charge is 1.67. The summed E-state index contributed by atoms with van der Waals surface area (Å²) in [7, 11) is 0. The summed E-state index contributed by atoms with van der Waals surface area (Å²) in [5.74, 6) is 0. The van der Waals surface area contributed by atoms with Crippen LogP contribution >= 0.6 is 11.8 Å². The molecule has 0 aromatic heterocycles. The maximum Gasteiger partial charge on any atom is 0.142 e. The van der Waals surface area contributed by atoms with E-state index in [9.17, 15) is 4.79 Å². The van der Waals surface area contributed by atoms with Crippen LogP contribution in [0.25, 0.3) is 0 Å². The molecule has 0 N–H and O–H groups in total. The van der Waals surface area contributed by atoms with E-state index in [1.54, 1.807) is 11.8 Å². The molecule has 0 aliphatic rings. The van der Waals surface area contributed by atoms with Crippen molar-refractivity contribution >= 4 is 18.0 Å². The normalized spacial score (nSPS) is 8.70. The van der Waals surface area contributed by atoms with E-state index in [2.05, 4.69) is 6.92 Å². The number of carbonyl (C=O) groups is 1. The summed E-state index contributed by atoms with van der Waals surface area (Å²) < 4.78 is 0. The number of unbranched alkanes of at least 4 members (excludes halogenated alkanes) is 1. The predicted octanol–water partition coefficient (Wildman–Crippen LogP) is 2.52. The molecule has 0 aliphatic heterocycles. The summed E-state index contributed by atoms with van der Waals surface area (Å²) in [5, 5.41) is 0. The van der Waals surface area contributed by atoms with Gasteiger partial charge in [-0.15, -0.1) is 0 Å². The monoisotopic (exact) mass is 160 g/mol. The molecule has 0 atom stereocenters. The van der Waals surface area contributed by atoms with Crippen LogP contribution in [-0.4, -0.2) is 18.8 Å². The summed E-state index contributed by atoms with van der Waals surface area (Å²) in [6, 6.07) is 0. The van der Waals surface area contributed by atoms with Crippen molar-refractivity contribution in [1.82, 2.24) is 0 Å².